The maximum atomic E-state index is 12.9. The zero-order valence-electron chi connectivity index (χ0n) is 24.1. The smallest absolute Gasteiger partial charge is 0.388 e. The summed E-state index contributed by atoms with van der Waals surface area (Å²) in [5.74, 6) is -3.52. The van der Waals surface area contributed by atoms with E-state index < -0.39 is 46.2 Å². The van der Waals surface area contributed by atoms with E-state index in [0.717, 1.165) is 19.3 Å². The number of imide groups is 1. The molecule has 238 valence electrons. The van der Waals surface area contributed by atoms with Crippen LogP contribution < -0.4 is 14.8 Å². The monoisotopic (exact) mass is 626 g/mol. The molecule has 0 bridgehead atoms. The minimum absolute atomic E-state index is 0.00668. The third-order valence-corrected chi connectivity index (χ3v) is 7.78. The first kappa shape index (κ1) is 33.9. The summed E-state index contributed by atoms with van der Waals surface area (Å²) < 4.78 is 34.8. The van der Waals surface area contributed by atoms with Gasteiger partial charge in [0.15, 0.2) is 0 Å². The second-order valence-electron chi connectivity index (χ2n) is 10.7. The van der Waals surface area contributed by atoms with Gasteiger partial charge in [0.2, 0.25) is 11.8 Å². The molecule has 4 N–H and O–H groups in total. The third kappa shape index (κ3) is 10.6. The largest absolute Gasteiger partial charge is 0.446 e. The molecular weight excluding hydrogens is 588 g/mol. The molecule has 43 heavy (non-hydrogen) atoms. The van der Waals surface area contributed by atoms with Gasteiger partial charge < -0.3 is 24.8 Å². The van der Waals surface area contributed by atoms with Gasteiger partial charge in [-0.3, -0.25) is 28.6 Å². The number of piperidine rings is 1. The number of benzene rings is 1. The highest BCUT2D eigenvalue weighted by Crippen LogP contribution is 2.24. The molecule has 2 aliphatic heterocycles. The number of nitrogens with zero attached hydrogens (tertiary/aromatic N) is 2. The molecule has 1 aromatic rings. The van der Waals surface area contributed by atoms with Crippen LogP contribution in [-0.2, 0) is 39.2 Å². The average Bonchev–Trinajstić information content (AvgIpc) is 3.24. The molecule has 16 heteroatoms. The molecule has 0 aromatic heterocycles. The van der Waals surface area contributed by atoms with E-state index in [2.05, 4.69) is 33.6 Å². The van der Waals surface area contributed by atoms with Gasteiger partial charge in [0.25, 0.3) is 11.8 Å². The molecule has 0 spiro atoms. The maximum absolute atomic E-state index is 12.9. The Bertz CT molecular complexity index is 1260. The van der Waals surface area contributed by atoms with Gasteiger partial charge in [-0.15, -0.1) is 5.06 Å². The summed E-state index contributed by atoms with van der Waals surface area (Å²) in [6.07, 6.45) is 1.29. The molecule has 4 atom stereocenters. The number of hydroxylamine groups is 2. The van der Waals surface area contributed by atoms with Crippen LogP contribution in [0.5, 0.6) is 5.75 Å². The van der Waals surface area contributed by atoms with Crippen molar-refractivity contribution in [2.75, 3.05) is 13.1 Å². The number of likely N-dealkylation sites (tertiary alicyclic amines) is 1. The van der Waals surface area contributed by atoms with Crippen LogP contribution >= 0.6 is 0 Å². The van der Waals surface area contributed by atoms with E-state index in [-0.39, 0.29) is 68.9 Å². The quantitative estimate of drug-likeness (QED) is 0.165. The molecule has 15 nitrogen and oxygen atoms in total. The van der Waals surface area contributed by atoms with Crippen LogP contribution in [0.1, 0.15) is 76.9 Å². The Balaban J connectivity index is 1.56. The normalized spacial score (nSPS) is 20.8. The van der Waals surface area contributed by atoms with Gasteiger partial charge in [-0.25, -0.2) is 4.79 Å². The zero-order chi connectivity index (χ0) is 31.7. The zero-order valence-corrected chi connectivity index (χ0v) is 24.9. The molecule has 2 aliphatic rings. The predicted molar refractivity (Wildman–Crippen MR) is 149 cm³/mol. The van der Waals surface area contributed by atoms with E-state index >= 15 is 0 Å². The molecule has 0 radical (unpaired) electrons. The molecule has 2 fully saturated rings. The topological polar surface area (TPSA) is 209 Å². The van der Waals surface area contributed by atoms with E-state index in [1.165, 1.54) is 24.3 Å². The van der Waals surface area contributed by atoms with Gasteiger partial charge >= 0.3 is 16.4 Å². The second-order valence-corrected chi connectivity index (χ2v) is 11.7. The number of carbonyl (C=O) groups excluding carboxylic acids is 5. The van der Waals surface area contributed by atoms with Crippen LogP contribution in [0.3, 0.4) is 0 Å². The minimum atomic E-state index is -4.73. The fourth-order valence-corrected chi connectivity index (χ4v) is 5.36. The van der Waals surface area contributed by atoms with Crippen LogP contribution in [0.25, 0.3) is 0 Å². The summed E-state index contributed by atoms with van der Waals surface area (Å²) in [6, 6.07) is 4.28. The number of aliphatic hydroxyl groups is 1. The van der Waals surface area contributed by atoms with Crippen molar-refractivity contribution in [1.82, 2.24) is 20.6 Å². The lowest BCUT2D eigenvalue weighted by Gasteiger charge is -2.38. The van der Waals surface area contributed by atoms with Gasteiger partial charge in [-0.2, -0.15) is 8.42 Å². The lowest BCUT2D eigenvalue weighted by atomic mass is 9.97. The highest BCUT2D eigenvalue weighted by molar-refractivity contribution is 7.81. The van der Waals surface area contributed by atoms with Crippen molar-refractivity contribution in [3.63, 3.8) is 0 Å². The van der Waals surface area contributed by atoms with Crippen molar-refractivity contribution in [1.29, 1.82) is 0 Å². The molecule has 4 unspecified atom stereocenters. The Morgan fingerprint density at radius 3 is 2.19 bits per heavy atom. The second kappa shape index (κ2) is 15.2. The molecule has 1 aromatic carbocycles. The van der Waals surface area contributed by atoms with Crippen molar-refractivity contribution in [3.05, 3.63) is 29.8 Å². The average molecular weight is 627 g/mol. The van der Waals surface area contributed by atoms with Crippen LogP contribution in [0, 0.1) is 0 Å². The lowest BCUT2D eigenvalue weighted by Crippen LogP contribution is -2.49. The SMILES string of the molecule is CC1CCCC(C)N1CC(=O)NCCC(=O)NC(CCC(O)c1ccc(OS(=O)(=O)O)cc1)C(=O)ON1C(=O)CCC1=O. The molecular formula is C27H38N4O11S. The molecule has 0 aliphatic carbocycles. The molecule has 3 rings (SSSR count). The van der Waals surface area contributed by atoms with Gasteiger partial charge in [-0.1, -0.05) is 18.6 Å². The van der Waals surface area contributed by atoms with Crippen molar-refractivity contribution in [3.8, 4) is 5.75 Å². The maximum Gasteiger partial charge on any atom is 0.446 e. The summed E-state index contributed by atoms with van der Waals surface area (Å²) in [5, 5.41) is 16.2. The summed E-state index contributed by atoms with van der Waals surface area (Å²) in [4.78, 5) is 69.0. The van der Waals surface area contributed by atoms with Gasteiger partial charge in [-0.05, 0) is 57.2 Å². The van der Waals surface area contributed by atoms with E-state index in [1.54, 1.807) is 0 Å². The number of nitrogens with one attached hydrogen (secondary N) is 2. The fraction of sp³-hybridized carbons (Fsp3) is 0.593. The van der Waals surface area contributed by atoms with Crippen LogP contribution in [-0.4, -0.2) is 88.9 Å². The van der Waals surface area contributed by atoms with Crippen LogP contribution in [0.15, 0.2) is 24.3 Å². The number of hydrogen-bond acceptors (Lipinski definition) is 11. The van der Waals surface area contributed by atoms with Crippen molar-refractivity contribution < 1.29 is 51.1 Å². The Kier molecular flexibility index (Phi) is 12.0. The number of amides is 4. The van der Waals surface area contributed by atoms with E-state index in [4.69, 9.17) is 9.39 Å². The predicted octanol–water partition coefficient (Wildman–Crippen LogP) is 0.543. The molecule has 4 amide bonds. The van der Waals surface area contributed by atoms with Crippen molar-refractivity contribution in [2.24, 2.45) is 0 Å². The van der Waals surface area contributed by atoms with Crippen LogP contribution in [0.4, 0.5) is 0 Å². The third-order valence-electron chi connectivity index (χ3n) is 7.38. The summed E-state index contributed by atoms with van der Waals surface area (Å²) >= 11 is 0. The highest BCUT2D eigenvalue weighted by atomic mass is 32.3. The van der Waals surface area contributed by atoms with Crippen LogP contribution in [0.2, 0.25) is 0 Å². The highest BCUT2D eigenvalue weighted by Gasteiger charge is 2.35. The number of rotatable bonds is 14. The lowest BCUT2D eigenvalue weighted by molar-refractivity contribution is -0.199. The Morgan fingerprint density at radius 2 is 1.60 bits per heavy atom. The molecule has 2 heterocycles. The standard InChI is InChI=1S/C27H38N4O11S/c1-17-4-3-5-18(2)30(17)16-24(34)28-15-14-23(33)29-21(27(37)41-31-25(35)12-13-26(31)36)10-11-22(32)19-6-8-20(9-7-19)42-43(38,39)40/h6-9,17-18,21-22,32H,3-5,10-16H2,1-2H3,(H,28,34)(H,29,33)(H,38,39,40). The molecule has 2 saturated heterocycles. The fourth-order valence-electron chi connectivity index (χ4n) is 5.01. The van der Waals surface area contributed by atoms with E-state index in [0.29, 0.717) is 10.6 Å². The Morgan fingerprint density at radius 1 is 1.00 bits per heavy atom. The number of aliphatic hydroxyl groups excluding tert-OH is 1. The summed E-state index contributed by atoms with van der Waals surface area (Å²) in [5.41, 5.74) is 0.311. The van der Waals surface area contributed by atoms with E-state index in [1.807, 2.05) is 0 Å². The summed E-state index contributed by atoms with van der Waals surface area (Å²) in [6.45, 7) is 4.36. The first-order valence-electron chi connectivity index (χ1n) is 14.1. The van der Waals surface area contributed by atoms with Gasteiger partial charge in [0.05, 0.1) is 12.6 Å². The summed E-state index contributed by atoms with van der Waals surface area (Å²) in [7, 11) is -4.73. The number of hydrogen-bond donors (Lipinski definition) is 4. The van der Waals surface area contributed by atoms with E-state index in [9.17, 15) is 37.5 Å². The van der Waals surface area contributed by atoms with Gasteiger partial charge in [0.1, 0.15) is 11.8 Å². The first-order chi connectivity index (χ1) is 20.2. The van der Waals surface area contributed by atoms with Crippen molar-refractivity contribution in [2.45, 2.75) is 89.4 Å². The minimum Gasteiger partial charge on any atom is -0.388 e. The Labute approximate surface area is 249 Å². The van der Waals surface area contributed by atoms with Crippen molar-refractivity contribution >= 4 is 40.0 Å². The Hall–Kier alpha value is -3.60. The first-order valence-corrected chi connectivity index (χ1v) is 15.4. The molecule has 0 saturated carbocycles. The number of carbonyl (C=O) groups is 5. The van der Waals surface area contributed by atoms with Gasteiger partial charge in [0, 0.05) is 37.9 Å².